The Morgan fingerprint density at radius 1 is 0.667 bits per heavy atom. The molecule has 5 aromatic carbocycles. The van der Waals surface area contributed by atoms with Gasteiger partial charge in [0, 0.05) is 33.1 Å². The van der Waals surface area contributed by atoms with Gasteiger partial charge in [0.1, 0.15) is 16.9 Å². The second-order valence-electron chi connectivity index (χ2n) is 8.38. The zero-order valence-electron chi connectivity index (χ0n) is 18.0. The predicted molar refractivity (Wildman–Crippen MR) is 136 cm³/mol. The van der Waals surface area contributed by atoms with Crippen LogP contribution in [0.2, 0.25) is 0 Å². The third-order valence-electron chi connectivity index (χ3n) is 6.58. The van der Waals surface area contributed by atoms with E-state index in [-0.39, 0.29) is 0 Å². The highest BCUT2D eigenvalue weighted by Crippen LogP contribution is 2.41. The zero-order valence-corrected chi connectivity index (χ0v) is 18.0. The molecule has 0 aliphatic heterocycles. The SMILES string of the molecule is COc1ccc(-c2cc3cc4oc5ccccc5c4cc3c3c2cnc2ccccc23)cc1. The highest BCUT2D eigenvalue weighted by molar-refractivity contribution is 6.25. The summed E-state index contributed by atoms with van der Waals surface area (Å²) in [5, 5.41) is 8.14. The Labute approximate surface area is 189 Å². The van der Waals surface area contributed by atoms with Gasteiger partial charge in [0.05, 0.1) is 12.6 Å². The van der Waals surface area contributed by atoms with Gasteiger partial charge in [-0.2, -0.15) is 0 Å². The van der Waals surface area contributed by atoms with Crippen molar-refractivity contribution in [2.24, 2.45) is 0 Å². The highest BCUT2D eigenvalue weighted by Gasteiger charge is 2.15. The number of ether oxygens (including phenoxy) is 1. The number of rotatable bonds is 2. The van der Waals surface area contributed by atoms with Crippen LogP contribution in [0.1, 0.15) is 0 Å². The molecule has 0 atom stereocenters. The van der Waals surface area contributed by atoms with Crippen molar-refractivity contribution in [3.63, 3.8) is 0 Å². The molecule has 7 rings (SSSR count). The summed E-state index contributed by atoms with van der Waals surface area (Å²) in [6.45, 7) is 0. The molecule has 0 saturated heterocycles. The Balaban J connectivity index is 1.68. The summed E-state index contributed by atoms with van der Waals surface area (Å²) >= 11 is 0. The number of fused-ring (bicyclic) bond motifs is 8. The summed E-state index contributed by atoms with van der Waals surface area (Å²) in [6, 6.07) is 31.5. The molecule has 156 valence electrons. The molecule has 0 fully saturated rings. The smallest absolute Gasteiger partial charge is 0.136 e. The maximum absolute atomic E-state index is 6.21. The molecule has 2 heterocycles. The van der Waals surface area contributed by atoms with Crippen LogP contribution in [0.5, 0.6) is 5.75 Å². The number of pyridine rings is 1. The fourth-order valence-corrected chi connectivity index (χ4v) is 5.00. The lowest BCUT2D eigenvalue weighted by Gasteiger charge is -2.13. The van der Waals surface area contributed by atoms with Crippen LogP contribution in [-0.4, -0.2) is 12.1 Å². The maximum atomic E-state index is 6.21. The minimum absolute atomic E-state index is 0.844. The van der Waals surface area contributed by atoms with E-state index in [1.807, 2.05) is 36.5 Å². The van der Waals surface area contributed by atoms with E-state index in [0.717, 1.165) is 60.5 Å². The minimum atomic E-state index is 0.844. The molecule has 0 N–H and O–H groups in total. The van der Waals surface area contributed by atoms with E-state index < -0.39 is 0 Å². The first-order valence-corrected chi connectivity index (χ1v) is 11.0. The average Bonchev–Trinajstić information content (AvgIpc) is 3.24. The van der Waals surface area contributed by atoms with Crippen molar-refractivity contribution in [3.05, 3.63) is 97.2 Å². The fraction of sp³-hybridized carbons (Fsp3) is 0.0333. The molecular weight excluding hydrogens is 406 g/mol. The van der Waals surface area contributed by atoms with Crippen molar-refractivity contribution in [2.45, 2.75) is 0 Å². The van der Waals surface area contributed by atoms with E-state index in [9.17, 15) is 0 Å². The molecule has 7 aromatic rings. The van der Waals surface area contributed by atoms with Crippen molar-refractivity contribution >= 4 is 54.4 Å². The van der Waals surface area contributed by atoms with Gasteiger partial charge >= 0.3 is 0 Å². The van der Waals surface area contributed by atoms with Crippen molar-refractivity contribution in [1.29, 1.82) is 0 Å². The van der Waals surface area contributed by atoms with E-state index in [1.165, 1.54) is 10.8 Å². The largest absolute Gasteiger partial charge is 0.497 e. The maximum Gasteiger partial charge on any atom is 0.136 e. The van der Waals surface area contributed by atoms with Crippen LogP contribution in [0.3, 0.4) is 0 Å². The summed E-state index contributed by atoms with van der Waals surface area (Å²) in [6.07, 6.45) is 2.01. The van der Waals surface area contributed by atoms with Gasteiger partial charge in [-0.3, -0.25) is 4.98 Å². The highest BCUT2D eigenvalue weighted by atomic mass is 16.5. The van der Waals surface area contributed by atoms with Crippen LogP contribution >= 0.6 is 0 Å². The Hall–Kier alpha value is -4.37. The summed E-state index contributed by atoms with van der Waals surface area (Å²) in [5.74, 6) is 0.844. The lowest BCUT2D eigenvalue weighted by molar-refractivity contribution is 0.415. The quantitative estimate of drug-likeness (QED) is 0.262. The molecule has 3 heteroatoms. The van der Waals surface area contributed by atoms with Crippen LogP contribution in [0.4, 0.5) is 0 Å². The van der Waals surface area contributed by atoms with Gasteiger partial charge < -0.3 is 9.15 Å². The molecule has 0 saturated carbocycles. The first kappa shape index (κ1) is 18.2. The lowest BCUT2D eigenvalue weighted by Crippen LogP contribution is -1.89. The van der Waals surface area contributed by atoms with E-state index in [1.54, 1.807) is 7.11 Å². The Morgan fingerprint density at radius 3 is 2.30 bits per heavy atom. The molecule has 0 radical (unpaired) electrons. The Kier molecular flexibility index (Phi) is 3.76. The average molecular weight is 425 g/mol. The number of hydrogen-bond donors (Lipinski definition) is 0. The first-order chi connectivity index (χ1) is 16.3. The Morgan fingerprint density at radius 2 is 1.45 bits per heavy atom. The van der Waals surface area contributed by atoms with Gasteiger partial charge in [-0.15, -0.1) is 0 Å². The summed E-state index contributed by atoms with van der Waals surface area (Å²) < 4.78 is 11.6. The molecule has 0 bridgehead atoms. The molecule has 33 heavy (non-hydrogen) atoms. The van der Waals surface area contributed by atoms with Crippen molar-refractivity contribution < 1.29 is 9.15 Å². The van der Waals surface area contributed by atoms with E-state index >= 15 is 0 Å². The third kappa shape index (κ3) is 2.66. The second kappa shape index (κ2) is 6.81. The van der Waals surface area contributed by atoms with E-state index in [2.05, 4.69) is 60.7 Å². The molecular formula is C30H19NO2. The molecule has 2 aromatic heterocycles. The molecule has 0 unspecified atom stereocenters. The topological polar surface area (TPSA) is 35.3 Å². The van der Waals surface area contributed by atoms with Crippen LogP contribution in [-0.2, 0) is 0 Å². The van der Waals surface area contributed by atoms with Crippen LogP contribution in [0.25, 0.3) is 65.5 Å². The van der Waals surface area contributed by atoms with Gasteiger partial charge in [0.15, 0.2) is 0 Å². The van der Waals surface area contributed by atoms with E-state index in [4.69, 9.17) is 14.1 Å². The molecule has 3 nitrogen and oxygen atoms in total. The number of aromatic nitrogens is 1. The monoisotopic (exact) mass is 425 g/mol. The number of nitrogens with zero attached hydrogens (tertiary/aromatic N) is 1. The van der Waals surface area contributed by atoms with E-state index in [0.29, 0.717) is 0 Å². The number of para-hydroxylation sites is 2. The number of methoxy groups -OCH3 is 1. The molecule has 0 aliphatic carbocycles. The van der Waals surface area contributed by atoms with Crippen LogP contribution in [0, 0.1) is 0 Å². The number of furan rings is 1. The van der Waals surface area contributed by atoms with Gasteiger partial charge in [-0.05, 0) is 64.4 Å². The van der Waals surface area contributed by atoms with Crippen LogP contribution in [0.15, 0.2) is 102 Å². The standard InChI is InChI=1S/C30H19NO2/c1-32-20-12-10-18(11-13-20)23-14-19-15-29-25(21-6-3-5-9-28(21)33-29)16-24(19)30-22-7-2-4-8-27(22)31-17-26(23)30/h2-17H,1H3. The van der Waals surface area contributed by atoms with Crippen LogP contribution < -0.4 is 4.74 Å². The summed E-state index contributed by atoms with van der Waals surface area (Å²) in [4.78, 5) is 4.80. The summed E-state index contributed by atoms with van der Waals surface area (Å²) in [7, 11) is 1.69. The number of benzene rings is 5. The molecule has 0 spiro atoms. The lowest BCUT2D eigenvalue weighted by atomic mass is 9.91. The third-order valence-corrected chi connectivity index (χ3v) is 6.58. The normalized spacial score (nSPS) is 11.8. The van der Waals surface area contributed by atoms with Crippen molar-refractivity contribution in [3.8, 4) is 16.9 Å². The molecule has 0 amide bonds. The van der Waals surface area contributed by atoms with Gasteiger partial charge in [-0.1, -0.05) is 48.5 Å². The summed E-state index contributed by atoms with van der Waals surface area (Å²) in [5.41, 5.74) is 5.09. The first-order valence-electron chi connectivity index (χ1n) is 11.0. The molecule has 0 aliphatic rings. The zero-order chi connectivity index (χ0) is 21.9. The fourth-order valence-electron chi connectivity index (χ4n) is 5.00. The second-order valence-corrected chi connectivity index (χ2v) is 8.38. The predicted octanol–water partition coefficient (Wildman–Crippen LogP) is 8.12. The number of hydrogen-bond acceptors (Lipinski definition) is 3. The van der Waals surface area contributed by atoms with Gasteiger partial charge in [0.2, 0.25) is 0 Å². The minimum Gasteiger partial charge on any atom is -0.497 e. The Bertz CT molecular complexity index is 1850. The van der Waals surface area contributed by atoms with Crippen molar-refractivity contribution in [1.82, 2.24) is 4.98 Å². The van der Waals surface area contributed by atoms with Gasteiger partial charge in [-0.25, -0.2) is 0 Å². The van der Waals surface area contributed by atoms with Crippen molar-refractivity contribution in [2.75, 3.05) is 7.11 Å². The van der Waals surface area contributed by atoms with Gasteiger partial charge in [0.25, 0.3) is 0 Å².